The standard InChI is InChI=1S/C15H16N2O4S.C15H18N2O2S.3ClH.Fe.H4N2.H2O/c1-15(2,3)21-14(18)16-11-7-6-10(9-12(11)17(19)20)13-5-4-8-22-13;1-15(2,3)19-14(18)17-12-7-6-10(9-11(12)16)13-5-4-8-20-13;;;;;1-2;/h4-9H,1-3H3,(H,16,18);4-9H,16H2,1-3H3,(H,17,18);3*1H;;1-2H2;1H2/q;;;;;+3;;/p-3. The molecule has 0 unspecified atom stereocenters. The van der Waals surface area contributed by atoms with Gasteiger partial charge in [0.25, 0.3) is 5.69 Å². The van der Waals surface area contributed by atoms with E-state index in [1.54, 1.807) is 44.2 Å². The quantitative estimate of drug-likeness (QED) is 0.0424. The van der Waals surface area contributed by atoms with Gasteiger partial charge in [-0.25, -0.2) is 9.59 Å². The van der Waals surface area contributed by atoms with Crippen LogP contribution >= 0.6 is 53.0 Å². The van der Waals surface area contributed by atoms with Crippen LogP contribution in [-0.4, -0.2) is 33.8 Å². The number of nitrogens with two attached hydrogens (primary N) is 3. The molecule has 0 radical (unpaired) electrons. The number of nitro benzene ring substituents is 1. The van der Waals surface area contributed by atoms with Crippen LogP contribution in [0.5, 0.6) is 0 Å². The minimum atomic E-state index is -1.33. The minimum absolute atomic E-state index is 0. The maximum atomic E-state index is 11.8. The number of carbonyl (C=O) groups is 2. The molecule has 4 aromatic rings. The second kappa shape index (κ2) is 21.8. The first-order chi connectivity index (χ1) is 22.3. The molecule has 2 aromatic carbocycles. The van der Waals surface area contributed by atoms with Crippen LogP contribution in [0.1, 0.15) is 41.5 Å². The summed E-state index contributed by atoms with van der Waals surface area (Å²) in [4.78, 5) is 36.2. The summed E-state index contributed by atoms with van der Waals surface area (Å²) in [5.41, 5.74) is 7.55. The van der Waals surface area contributed by atoms with Crippen molar-refractivity contribution < 1.29 is 40.6 Å². The van der Waals surface area contributed by atoms with Gasteiger partial charge in [0.1, 0.15) is 16.9 Å². The van der Waals surface area contributed by atoms with Gasteiger partial charge in [0.2, 0.25) is 0 Å². The number of nitrogen functional groups attached to an aromatic ring is 1. The SMILES string of the molecule is CC(C)(C)OC(=O)Nc1ccc(-c2cccs2)cc1N.CC(C)(C)OC(=O)Nc1ccc(-c2cccs2)cc1[N+](=O)[O-].NN.O.[Cl][Fe]([Cl])[Cl]. The summed E-state index contributed by atoms with van der Waals surface area (Å²) >= 11 is 1.80. The summed E-state index contributed by atoms with van der Waals surface area (Å²) in [5.74, 6) is 8.00. The van der Waals surface area contributed by atoms with Gasteiger partial charge in [-0.3, -0.25) is 32.4 Å². The first kappa shape index (κ1) is 45.8. The summed E-state index contributed by atoms with van der Waals surface area (Å²) in [6, 6.07) is 18.0. The summed E-state index contributed by atoms with van der Waals surface area (Å²) in [6.07, 6.45) is -1.23. The number of hydrazine groups is 1. The van der Waals surface area contributed by atoms with Crippen LogP contribution in [0.4, 0.5) is 32.3 Å². The Morgan fingerprint density at radius 1 is 0.776 bits per heavy atom. The molecule has 0 atom stereocenters. The molecule has 10 N–H and O–H groups in total. The number of anilines is 3. The molecule has 0 saturated carbocycles. The van der Waals surface area contributed by atoms with Gasteiger partial charge in [-0.1, -0.05) is 24.3 Å². The Morgan fingerprint density at radius 2 is 1.16 bits per heavy atom. The Labute approximate surface area is 310 Å². The number of ether oxygens (including phenoxy) is 2. The van der Waals surface area contributed by atoms with Crippen molar-refractivity contribution in [2.24, 2.45) is 11.7 Å². The number of hydrogen-bond donors (Lipinski definition) is 5. The molecule has 19 heteroatoms. The molecule has 2 heterocycles. The van der Waals surface area contributed by atoms with Crippen molar-refractivity contribution in [2.75, 3.05) is 16.4 Å². The molecule has 273 valence electrons. The zero-order valence-corrected chi connectivity index (χ0v) is 32.4. The third-order valence-corrected chi connectivity index (χ3v) is 6.97. The molecule has 0 spiro atoms. The Bertz CT molecular complexity index is 1600. The number of amides is 2. The predicted molar refractivity (Wildman–Crippen MR) is 200 cm³/mol. The van der Waals surface area contributed by atoms with Crippen molar-refractivity contribution in [3.05, 3.63) is 81.5 Å². The predicted octanol–water partition coefficient (Wildman–Crippen LogP) is 9.07. The summed E-state index contributed by atoms with van der Waals surface area (Å²) < 4.78 is 10.3. The molecule has 0 aliphatic rings. The van der Waals surface area contributed by atoms with E-state index in [1.807, 2.05) is 67.9 Å². The van der Waals surface area contributed by atoms with E-state index in [0.717, 1.165) is 20.9 Å². The van der Waals surface area contributed by atoms with Gasteiger partial charge >= 0.3 is 53.6 Å². The molecule has 0 fully saturated rings. The van der Waals surface area contributed by atoms with E-state index in [-0.39, 0.29) is 16.9 Å². The van der Waals surface area contributed by atoms with Crippen LogP contribution in [0.15, 0.2) is 71.4 Å². The molecule has 0 aliphatic carbocycles. The van der Waals surface area contributed by atoms with Crippen molar-refractivity contribution in [2.45, 2.75) is 52.7 Å². The van der Waals surface area contributed by atoms with E-state index >= 15 is 0 Å². The van der Waals surface area contributed by atoms with Gasteiger partial charge < -0.3 is 20.7 Å². The molecular weight excluding hydrogens is 783 g/mol. The number of halogens is 3. The topological polar surface area (TPSA) is 229 Å². The molecule has 0 aliphatic heterocycles. The number of rotatable bonds is 5. The summed E-state index contributed by atoms with van der Waals surface area (Å²) in [6.45, 7) is 10.6. The third kappa shape index (κ3) is 18.4. The van der Waals surface area contributed by atoms with Gasteiger partial charge in [-0.05, 0) is 93.8 Å². The Hall–Kier alpha value is -3.15. The van der Waals surface area contributed by atoms with Crippen LogP contribution in [0, 0.1) is 10.1 Å². The fourth-order valence-electron chi connectivity index (χ4n) is 3.48. The maximum absolute atomic E-state index is 11.8. The monoisotopic (exact) mass is 821 g/mol. The van der Waals surface area contributed by atoms with Crippen molar-refractivity contribution in [3.63, 3.8) is 0 Å². The van der Waals surface area contributed by atoms with Gasteiger partial charge in [0, 0.05) is 15.8 Å². The van der Waals surface area contributed by atoms with Gasteiger partial charge in [-0.2, -0.15) is 0 Å². The van der Waals surface area contributed by atoms with Crippen molar-refractivity contribution in [1.82, 2.24) is 0 Å². The van der Waals surface area contributed by atoms with Gasteiger partial charge in [0.05, 0.1) is 16.3 Å². The van der Waals surface area contributed by atoms with E-state index in [0.29, 0.717) is 11.4 Å². The molecule has 49 heavy (non-hydrogen) atoms. The van der Waals surface area contributed by atoms with E-state index in [1.165, 1.54) is 23.5 Å². The molecule has 2 aromatic heterocycles. The normalized spacial score (nSPS) is 10.6. The summed E-state index contributed by atoms with van der Waals surface area (Å²) in [7, 11) is 14.7. The van der Waals surface area contributed by atoms with Crippen molar-refractivity contribution in [3.8, 4) is 20.9 Å². The number of nitrogens with one attached hydrogen (secondary N) is 2. The van der Waals surface area contributed by atoms with E-state index in [2.05, 4.69) is 22.3 Å². The average Bonchev–Trinajstić information content (AvgIpc) is 3.69. The number of nitrogens with zero attached hydrogens (tertiary/aromatic N) is 1. The van der Waals surface area contributed by atoms with E-state index in [9.17, 15) is 19.7 Å². The Morgan fingerprint density at radius 3 is 1.51 bits per heavy atom. The third-order valence-electron chi connectivity index (χ3n) is 5.13. The van der Waals surface area contributed by atoms with Crippen LogP contribution in [-0.2, 0) is 20.6 Å². The zero-order valence-electron chi connectivity index (χ0n) is 27.4. The first-order valence-corrected chi connectivity index (χ1v) is 19.9. The Balaban J connectivity index is 0.000000799. The van der Waals surface area contributed by atoms with Crippen LogP contribution < -0.4 is 28.1 Å². The molecule has 13 nitrogen and oxygen atoms in total. The second-order valence-electron chi connectivity index (χ2n) is 11.2. The van der Waals surface area contributed by atoms with Gasteiger partial charge in [-0.15, -0.1) is 22.7 Å². The molecular formula is C30H40Cl3FeN6O7S2. The number of hydrogen-bond acceptors (Lipinski definition) is 11. The van der Waals surface area contributed by atoms with E-state index < -0.39 is 39.5 Å². The van der Waals surface area contributed by atoms with Crippen LogP contribution in [0.3, 0.4) is 0 Å². The molecule has 2 amide bonds. The average molecular weight is 823 g/mol. The fourth-order valence-corrected chi connectivity index (χ4v) is 4.93. The second-order valence-corrected chi connectivity index (χ2v) is 18.5. The number of benzene rings is 2. The van der Waals surface area contributed by atoms with E-state index in [4.69, 9.17) is 45.5 Å². The zero-order chi connectivity index (χ0) is 36.7. The number of carbonyl (C=O) groups excluding carboxylic acids is 2. The number of nitro groups is 1. The van der Waals surface area contributed by atoms with Crippen molar-refractivity contribution >= 4 is 87.9 Å². The molecule has 0 bridgehead atoms. The van der Waals surface area contributed by atoms with Crippen LogP contribution in [0.25, 0.3) is 20.9 Å². The Kier molecular flexibility index (Phi) is 20.4. The van der Waals surface area contributed by atoms with Crippen molar-refractivity contribution in [1.29, 1.82) is 0 Å². The summed E-state index contributed by atoms with van der Waals surface area (Å²) in [5, 5.41) is 20.2. The first-order valence-electron chi connectivity index (χ1n) is 13.6. The fraction of sp³-hybridized carbons (Fsp3) is 0.267. The van der Waals surface area contributed by atoms with Crippen LogP contribution in [0.2, 0.25) is 0 Å². The number of thiophene rings is 2. The van der Waals surface area contributed by atoms with Gasteiger partial charge in [0.15, 0.2) is 0 Å². The molecule has 0 saturated heterocycles. The molecule has 4 rings (SSSR count).